The molecule has 168 valence electrons. The van der Waals surface area contributed by atoms with Gasteiger partial charge in [-0.2, -0.15) is 0 Å². The predicted molar refractivity (Wildman–Crippen MR) is 131 cm³/mol. The zero-order valence-corrected chi connectivity index (χ0v) is 20.3. The fourth-order valence-electron chi connectivity index (χ4n) is 5.29. The molecule has 0 N–H and O–H groups in total. The minimum atomic E-state index is -0.389. The van der Waals surface area contributed by atoms with Crippen LogP contribution < -0.4 is 4.74 Å². The number of benzene rings is 2. The Bertz CT molecular complexity index is 1090. The Labute approximate surface area is 198 Å². The molecule has 0 spiro atoms. The van der Waals surface area contributed by atoms with E-state index in [-0.39, 0.29) is 17.4 Å². The van der Waals surface area contributed by atoms with Gasteiger partial charge in [-0.3, -0.25) is 4.79 Å². The zero-order chi connectivity index (χ0) is 22.3. The first kappa shape index (κ1) is 21.7. The third-order valence-electron chi connectivity index (χ3n) is 7.18. The third-order valence-corrected chi connectivity index (χ3v) is 8.52. The molecule has 4 nitrogen and oxygen atoms in total. The molecule has 32 heavy (non-hydrogen) atoms. The van der Waals surface area contributed by atoms with Crippen LogP contribution in [0, 0.1) is 13.8 Å². The van der Waals surface area contributed by atoms with E-state index in [4.69, 9.17) is 21.3 Å². The maximum Gasteiger partial charge on any atom is 0.274 e. The van der Waals surface area contributed by atoms with E-state index in [1.165, 1.54) is 15.8 Å². The lowest BCUT2D eigenvalue weighted by Gasteiger charge is -2.38. The second-order valence-electron chi connectivity index (χ2n) is 9.26. The number of nitrogens with zero attached hydrogens (tertiary/aromatic N) is 2. The van der Waals surface area contributed by atoms with E-state index in [2.05, 4.69) is 30.9 Å². The second kappa shape index (κ2) is 8.68. The number of aryl methyl sites for hydroxylation is 2. The van der Waals surface area contributed by atoms with E-state index in [0.29, 0.717) is 5.02 Å². The summed E-state index contributed by atoms with van der Waals surface area (Å²) < 4.78 is 7.49. The number of likely N-dealkylation sites (tertiary alicyclic amines) is 1. The molecule has 1 saturated heterocycles. The molecular weight excluding hydrogens is 440 g/mol. The van der Waals surface area contributed by atoms with Crippen LogP contribution in [0.1, 0.15) is 55.2 Å². The van der Waals surface area contributed by atoms with Gasteiger partial charge in [-0.25, -0.2) is 4.98 Å². The number of thiazole rings is 1. The number of ether oxygens (including phenoxy) is 1. The number of amides is 1. The van der Waals surface area contributed by atoms with Gasteiger partial charge in [0.15, 0.2) is 0 Å². The number of halogens is 1. The largest absolute Gasteiger partial charge is 0.467 e. The molecule has 2 heterocycles. The molecule has 2 aromatic carbocycles. The van der Waals surface area contributed by atoms with Crippen LogP contribution >= 0.6 is 22.9 Å². The van der Waals surface area contributed by atoms with Crippen LogP contribution in [0.4, 0.5) is 0 Å². The highest BCUT2D eigenvalue weighted by Crippen LogP contribution is 2.43. The quantitative estimate of drug-likeness (QED) is 0.442. The van der Waals surface area contributed by atoms with E-state index in [9.17, 15) is 4.79 Å². The van der Waals surface area contributed by atoms with Crippen LogP contribution in [0.5, 0.6) is 5.19 Å². The summed E-state index contributed by atoms with van der Waals surface area (Å²) in [5.74, 6) is 0.280. The first-order chi connectivity index (χ1) is 15.5. The van der Waals surface area contributed by atoms with Gasteiger partial charge in [-0.1, -0.05) is 60.0 Å². The Morgan fingerprint density at radius 1 is 1.06 bits per heavy atom. The Morgan fingerprint density at radius 3 is 2.38 bits per heavy atom. The summed E-state index contributed by atoms with van der Waals surface area (Å²) in [6, 6.07) is 12.2. The highest BCUT2D eigenvalue weighted by atomic mass is 35.5. The number of rotatable bonds is 4. The maximum atomic E-state index is 13.7. The summed E-state index contributed by atoms with van der Waals surface area (Å²) >= 11 is 7.74. The smallest absolute Gasteiger partial charge is 0.274 e. The molecule has 3 aromatic rings. The fourth-order valence-corrected chi connectivity index (χ4v) is 6.44. The topological polar surface area (TPSA) is 42.4 Å². The van der Waals surface area contributed by atoms with Crippen LogP contribution in [-0.2, 0) is 10.2 Å². The van der Waals surface area contributed by atoms with Crippen LogP contribution in [0.25, 0.3) is 10.2 Å². The van der Waals surface area contributed by atoms with Gasteiger partial charge in [0.05, 0.1) is 15.6 Å². The number of fused-ring (bicyclic) bond motifs is 1. The first-order valence-corrected chi connectivity index (χ1v) is 12.7. The standard InChI is InChI=1S/C26H29ClN2O2S/c1-17-5-6-18(2)23-22(17)28-25(32-23)31-21-11-15-29(16-12-21)24(30)26(13-3-4-14-26)19-7-9-20(27)10-8-19/h5-10,21H,3-4,11-16H2,1-2H3. The molecule has 1 saturated carbocycles. The molecule has 1 aliphatic carbocycles. The summed E-state index contributed by atoms with van der Waals surface area (Å²) in [6.45, 7) is 5.69. The van der Waals surface area contributed by atoms with Crippen molar-refractivity contribution >= 4 is 39.1 Å². The SMILES string of the molecule is Cc1ccc(C)c2sc(OC3CCN(C(=O)C4(c5ccc(Cl)cc5)CCCC4)CC3)nc12. The average molecular weight is 469 g/mol. The summed E-state index contributed by atoms with van der Waals surface area (Å²) in [5.41, 5.74) is 4.19. The lowest BCUT2D eigenvalue weighted by Crippen LogP contribution is -2.50. The number of aromatic nitrogens is 1. The number of piperidine rings is 1. The van der Waals surface area contributed by atoms with Crippen molar-refractivity contribution in [3.05, 3.63) is 58.1 Å². The van der Waals surface area contributed by atoms with Gasteiger partial charge in [0.1, 0.15) is 6.10 Å². The zero-order valence-electron chi connectivity index (χ0n) is 18.7. The molecule has 1 amide bonds. The predicted octanol–water partition coefficient (Wildman–Crippen LogP) is 6.45. The molecule has 5 rings (SSSR count). The van der Waals surface area contributed by atoms with E-state index in [1.807, 2.05) is 24.3 Å². The van der Waals surface area contributed by atoms with Crippen molar-refractivity contribution in [2.75, 3.05) is 13.1 Å². The van der Waals surface area contributed by atoms with Crippen LogP contribution in [0.15, 0.2) is 36.4 Å². The van der Waals surface area contributed by atoms with Gasteiger partial charge in [0.25, 0.3) is 5.19 Å². The molecule has 6 heteroatoms. The van der Waals surface area contributed by atoms with E-state index in [1.54, 1.807) is 11.3 Å². The van der Waals surface area contributed by atoms with Crippen molar-refractivity contribution in [2.45, 2.75) is 63.9 Å². The molecule has 2 aliphatic rings. The molecule has 1 aliphatic heterocycles. The summed E-state index contributed by atoms with van der Waals surface area (Å²) in [4.78, 5) is 20.5. The number of carbonyl (C=O) groups excluding carboxylic acids is 1. The van der Waals surface area contributed by atoms with Crippen molar-refractivity contribution in [1.82, 2.24) is 9.88 Å². The molecule has 0 unspecified atom stereocenters. The van der Waals surface area contributed by atoms with Crippen molar-refractivity contribution < 1.29 is 9.53 Å². The van der Waals surface area contributed by atoms with Crippen molar-refractivity contribution in [3.8, 4) is 5.19 Å². The number of carbonyl (C=O) groups is 1. The van der Waals surface area contributed by atoms with Crippen molar-refractivity contribution in [3.63, 3.8) is 0 Å². The van der Waals surface area contributed by atoms with Gasteiger partial charge >= 0.3 is 0 Å². The Morgan fingerprint density at radius 2 is 1.72 bits per heavy atom. The Hall–Kier alpha value is -2.11. The molecular formula is C26H29ClN2O2S. The summed E-state index contributed by atoms with van der Waals surface area (Å²) in [5, 5.41) is 1.46. The van der Waals surface area contributed by atoms with Gasteiger partial charge in [0, 0.05) is 31.0 Å². The number of hydrogen-bond acceptors (Lipinski definition) is 4. The summed E-state index contributed by atoms with van der Waals surface area (Å²) in [7, 11) is 0. The molecule has 2 fully saturated rings. The minimum Gasteiger partial charge on any atom is -0.467 e. The van der Waals surface area contributed by atoms with E-state index < -0.39 is 0 Å². The van der Waals surface area contributed by atoms with Crippen molar-refractivity contribution in [2.24, 2.45) is 0 Å². The van der Waals surface area contributed by atoms with Crippen LogP contribution in [0.3, 0.4) is 0 Å². The lowest BCUT2D eigenvalue weighted by atomic mass is 9.77. The van der Waals surface area contributed by atoms with Gasteiger partial charge in [-0.05, 0) is 55.5 Å². The summed E-state index contributed by atoms with van der Waals surface area (Å²) in [6.07, 6.45) is 5.85. The van der Waals surface area contributed by atoms with E-state index in [0.717, 1.165) is 67.9 Å². The fraction of sp³-hybridized carbons (Fsp3) is 0.462. The first-order valence-electron chi connectivity index (χ1n) is 11.6. The number of hydrogen-bond donors (Lipinski definition) is 0. The molecule has 0 atom stereocenters. The Balaban J connectivity index is 1.27. The normalized spacial score (nSPS) is 18.9. The van der Waals surface area contributed by atoms with Gasteiger partial charge in [-0.15, -0.1) is 0 Å². The Kier molecular flexibility index (Phi) is 5.89. The highest BCUT2D eigenvalue weighted by Gasteiger charge is 2.45. The monoisotopic (exact) mass is 468 g/mol. The van der Waals surface area contributed by atoms with Gasteiger partial charge < -0.3 is 9.64 Å². The van der Waals surface area contributed by atoms with Crippen LogP contribution in [-0.4, -0.2) is 35.0 Å². The maximum absolute atomic E-state index is 13.7. The third kappa shape index (κ3) is 3.90. The minimum absolute atomic E-state index is 0.107. The van der Waals surface area contributed by atoms with Gasteiger partial charge in [0.2, 0.25) is 5.91 Å². The molecule has 1 aromatic heterocycles. The average Bonchev–Trinajstić information content (AvgIpc) is 3.46. The van der Waals surface area contributed by atoms with E-state index >= 15 is 0 Å². The second-order valence-corrected chi connectivity index (χ2v) is 10.7. The lowest BCUT2D eigenvalue weighted by molar-refractivity contribution is -0.139. The highest BCUT2D eigenvalue weighted by molar-refractivity contribution is 7.20. The van der Waals surface area contributed by atoms with Crippen LogP contribution in [0.2, 0.25) is 5.02 Å². The molecule has 0 radical (unpaired) electrons. The van der Waals surface area contributed by atoms with Crippen molar-refractivity contribution in [1.29, 1.82) is 0 Å². The molecule has 0 bridgehead atoms.